The summed E-state index contributed by atoms with van der Waals surface area (Å²) in [5.74, 6) is -0.0970. The lowest BCUT2D eigenvalue weighted by atomic mass is 10.1. The van der Waals surface area contributed by atoms with Crippen LogP contribution in [0.4, 0.5) is 0 Å². The summed E-state index contributed by atoms with van der Waals surface area (Å²) in [6.07, 6.45) is 3.69. The lowest BCUT2D eigenvalue weighted by Crippen LogP contribution is -2.34. The maximum absolute atomic E-state index is 12.2. The summed E-state index contributed by atoms with van der Waals surface area (Å²) in [5.41, 5.74) is 1.41. The number of rotatable bonds is 6. The van der Waals surface area contributed by atoms with Crippen LogP contribution >= 0.6 is 0 Å². The van der Waals surface area contributed by atoms with Crippen LogP contribution in [0.15, 0.2) is 52.2 Å². The molecule has 1 unspecified atom stereocenters. The second kappa shape index (κ2) is 6.24. The Morgan fingerprint density at radius 3 is 2.43 bits per heavy atom. The molecule has 0 saturated carbocycles. The number of benzene rings is 1. The highest BCUT2D eigenvalue weighted by molar-refractivity contribution is 7.89. The van der Waals surface area contributed by atoms with Crippen molar-refractivity contribution in [3.05, 3.63) is 54.0 Å². The van der Waals surface area contributed by atoms with Crippen molar-refractivity contribution in [2.75, 3.05) is 0 Å². The summed E-state index contributed by atoms with van der Waals surface area (Å²) >= 11 is 0. The second-order valence-electron chi connectivity index (χ2n) is 4.94. The summed E-state index contributed by atoms with van der Waals surface area (Å²) in [6.45, 7) is 3.23. The van der Waals surface area contributed by atoms with Gasteiger partial charge in [-0.25, -0.2) is 13.1 Å². The first-order valence-corrected chi connectivity index (χ1v) is 8.01. The van der Waals surface area contributed by atoms with Gasteiger partial charge in [-0.05, 0) is 44.0 Å². The van der Waals surface area contributed by atoms with Crippen LogP contribution < -0.4 is 4.72 Å². The van der Waals surface area contributed by atoms with Crippen molar-refractivity contribution in [1.82, 2.24) is 4.72 Å². The number of Topliss-reactive ketones (excluding diaryl/α,β-unsaturated/α-hetero) is 1. The molecular formula is C15H17NO4S. The fourth-order valence-electron chi connectivity index (χ4n) is 2.01. The third-order valence-electron chi connectivity index (χ3n) is 3.05. The molecule has 1 N–H and O–H groups in total. The first kappa shape index (κ1) is 15.5. The van der Waals surface area contributed by atoms with Gasteiger partial charge < -0.3 is 4.42 Å². The molecule has 1 aromatic carbocycles. The first-order chi connectivity index (χ1) is 9.88. The summed E-state index contributed by atoms with van der Waals surface area (Å²) in [5, 5.41) is 0. The van der Waals surface area contributed by atoms with Gasteiger partial charge in [-0.3, -0.25) is 4.79 Å². The maximum atomic E-state index is 12.2. The Balaban J connectivity index is 2.08. The predicted molar refractivity (Wildman–Crippen MR) is 78.6 cm³/mol. The van der Waals surface area contributed by atoms with Crippen LogP contribution in [0.5, 0.6) is 0 Å². The van der Waals surface area contributed by atoms with Gasteiger partial charge in [-0.2, -0.15) is 0 Å². The molecule has 0 aliphatic rings. The summed E-state index contributed by atoms with van der Waals surface area (Å²) in [7, 11) is -3.60. The van der Waals surface area contributed by atoms with Gasteiger partial charge in [0.05, 0.1) is 17.4 Å². The number of carbonyl (C=O) groups excluding carboxylic acids is 1. The van der Waals surface area contributed by atoms with E-state index in [0.29, 0.717) is 12.0 Å². The zero-order valence-electron chi connectivity index (χ0n) is 11.9. The van der Waals surface area contributed by atoms with Gasteiger partial charge in [0.25, 0.3) is 0 Å². The molecule has 0 spiro atoms. The molecule has 0 bridgehead atoms. The van der Waals surface area contributed by atoms with Gasteiger partial charge in [-0.15, -0.1) is 0 Å². The largest absolute Gasteiger partial charge is 0.472 e. The van der Waals surface area contributed by atoms with E-state index in [4.69, 9.17) is 4.42 Å². The molecule has 0 aliphatic carbocycles. The first-order valence-electron chi connectivity index (χ1n) is 6.53. The molecule has 5 nitrogen and oxygen atoms in total. The molecule has 0 fully saturated rings. The molecular weight excluding hydrogens is 290 g/mol. The number of nitrogens with one attached hydrogen (secondary N) is 1. The number of hydrogen-bond donors (Lipinski definition) is 1. The Bertz CT molecular complexity index is 703. The minimum atomic E-state index is -3.60. The van der Waals surface area contributed by atoms with Gasteiger partial charge >= 0.3 is 0 Å². The van der Waals surface area contributed by atoms with E-state index in [1.54, 1.807) is 25.5 Å². The third-order valence-corrected chi connectivity index (χ3v) is 4.65. The van der Waals surface area contributed by atoms with Crippen LogP contribution in [0.2, 0.25) is 0 Å². The molecule has 2 aromatic rings. The maximum Gasteiger partial charge on any atom is 0.240 e. The van der Waals surface area contributed by atoms with E-state index in [9.17, 15) is 13.2 Å². The zero-order chi connectivity index (χ0) is 15.5. The highest BCUT2D eigenvalue weighted by atomic mass is 32.2. The number of hydrogen-bond acceptors (Lipinski definition) is 4. The lowest BCUT2D eigenvalue weighted by molar-refractivity contribution is 0.101. The summed E-state index contributed by atoms with van der Waals surface area (Å²) < 4.78 is 32.0. The smallest absolute Gasteiger partial charge is 0.240 e. The number of ketones is 1. The van der Waals surface area contributed by atoms with Crippen LogP contribution in [0.25, 0.3) is 0 Å². The van der Waals surface area contributed by atoms with Gasteiger partial charge in [0.2, 0.25) is 10.0 Å². The molecule has 0 radical (unpaired) electrons. The van der Waals surface area contributed by atoms with Crippen molar-refractivity contribution < 1.29 is 17.6 Å². The Hall–Kier alpha value is -1.92. The quantitative estimate of drug-likeness (QED) is 0.831. The van der Waals surface area contributed by atoms with E-state index in [1.807, 2.05) is 0 Å². The van der Waals surface area contributed by atoms with Crippen molar-refractivity contribution in [3.8, 4) is 0 Å². The van der Waals surface area contributed by atoms with Gasteiger partial charge in [-0.1, -0.05) is 12.1 Å². The van der Waals surface area contributed by atoms with Crippen LogP contribution in [-0.2, 0) is 16.4 Å². The van der Waals surface area contributed by atoms with E-state index in [-0.39, 0.29) is 16.7 Å². The van der Waals surface area contributed by atoms with Crippen molar-refractivity contribution in [1.29, 1.82) is 0 Å². The van der Waals surface area contributed by atoms with Gasteiger partial charge in [0.1, 0.15) is 0 Å². The van der Waals surface area contributed by atoms with E-state index in [2.05, 4.69) is 4.72 Å². The fourth-order valence-corrected chi connectivity index (χ4v) is 3.25. The molecule has 1 aromatic heterocycles. The minimum absolute atomic E-state index is 0.0970. The molecule has 0 saturated heterocycles. The van der Waals surface area contributed by atoms with Crippen molar-refractivity contribution >= 4 is 15.8 Å². The monoisotopic (exact) mass is 307 g/mol. The van der Waals surface area contributed by atoms with Crippen LogP contribution in [0.1, 0.15) is 29.8 Å². The summed E-state index contributed by atoms with van der Waals surface area (Å²) in [4.78, 5) is 11.3. The third kappa shape index (κ3) is 4.03. The highest BCUT2D eigenvalue weighted by Crippen LogP contribution is 2.13. The van der Waals surface area contributed by atoms with E-state index >= 15 is 0 Å². The van der Waals surface area contributed by atoms with E-state index in [0.717, 1.165) is 5.56 Å². The number of furan rings is 1. The predicted octanol–water partition coefficient (Wildman–Crippen LogP) is 2.39. The molecule has 112 valence electrons. The molecule has 2 rings (SSSR count). The second-order valence-corrected chi connectivity index (χ2v) is 6.65. The van der Waals surface area contributed by atoms with Crippen molar-refractivity contribution in [2.24, 2.45) is 0 Å². The van der Waals surface area contributed by atoms with Crippen LogP contribution in [-0.4, -0.2) is 20.2 Å². The molecule has 6 heteroatoms. The van der Waals surface area contributed by atoms with Crippen LogP contribution in [0, 0.1) is 0 Å². The highest BCUT2D eigenvalue weighted by Gasteiger charge is 2.18. The Morgan fingerprint density at radius 2 is 1.90 bits per heavy atom. The standard InChI is InChI=1S/C15H17NO4S/c1-11(9-13-7-8-20-10-13)16-21(18,19)15-5-3-14(4-6-15)12(2)17/h3-8,10-11,16H,9H2,1-2H3. The Morgan fingerprint density at radius 1 is 1.24 bits per heavy atom. The van der Waals surface area contributed by atoms with Crippen LogP contribution in [0.3, 0.4) is 0 Å². The average molecular weight is 307 g/mol. The van der Waals surface area contributed by atoms with Gasteiger partial charge in [0.15, 0.2) is 5.78 Å². The Labute approximate surface area is 124 Å². The summed E-state index contributed by atoms with van der Waals surface area (Å²) in [6, 6.07) is 7.43. The zero-order valence-corrected chi connectivity index (χ0v) is 12.7. The SMILES string of the molecule is CC(=O)c1ccc(S(=O)(=O)NC(C)Cc2ccoc2)cc1. The fraction of sp³-hybridized carbons (Fsp3) is 0.267. The van der Waals surface area contributed by atoms with Crippen molar-refractivity contribution in [3.63, 3.8) is 0 Å². The lowest BCUT2D eigenvalue weighted by Gasteiger charge is -2.13. The molecule has 21 heavy (non-hydrogen) atoms. The minimum Gasteiger partial charge on any atom is -0.472 e. The molecule has 0 aliphatic heterocycles. The Kier molecular flexibility index (Phi) is 4.59. The normalized spacial score (nSPS) is 13.0. The van der Waals surface area contributed by atoms with Crippen molar-refractivity contribution in [2.45, 2.75) is 31.2 Å². The molecule has 1 heterocycles. The van der Waals surface area contributed by atoms with E-state index < -0.39 is 10.0 Å². The molecule has 1 atom stereocenters. The van der Waals surface area contributed by atoms with E-state index in [1.165, 1.54) is 31.2 Å². The van der Waals surface area contributed by atoms with Gasteiger partial charge in [0, 0.05) is 11.6 Å². The number of sulfonamides is 1. The average Bonchev–Trinajstić information content (AvgIpc) is 2.90. The molecule has 0 amide bonds. The topological polar surface area (TPSA) is 76.4 Å². The number of carbonyl (C=O) groups is 1.